The first-order valence-corrected chi connectivity index (χ1v) is 9.66. The highest BCUT2D eigenvalue weighted by Crippen LogP contribution is 2.51. The molecule has 0 bridgehead atoms. The molecule has 0 aliphatic carbocycles. The number of carbonyl (C=O) groups excluding carboxylic acids is 1. The van der Waals surface area contributed by atoms with Gasteiger partial charge in [0.05, 0.1) is 0 Å². The zero-order valence-electron chi connectivity index (χ0n) is 12.3. The molecule has 0 N–H and O–H groups in total. The number of unbranched alkanes of at least 4 members (excludes halogenated alkanes) is 3. The Hall–Kier alpha value is -0.0300. The highest BCUT2D eigenvalue weighted by molar-refractivity contribution is 7.77. The van der Waals surface area contributed by atoms with Crippen LogP contribution in [0.2, 0.25) is 0 Å². The van der Waals surface area contributed by atoms with E-state index in [2.05, 4.69) is 27.7 Å². The third-order valence-corrected chi connectivity index (χ3v) is 8.86. The summed E-state index contributed by atoms with van der Waals surface area (Å²) in [7, 11) is 0. The lowest BCUT2D eigenvalue weighted by Gasteiger charge is -2.28. The molecule has 0 fully saturated rings. The van der Waals surface area contributed by atoms with Gasteiger partial charge in [-0.3, -0.25) is 4.79 Å². The number of rotatable bonds is 10. The molecular formula is C15H31OP. The molecule has 0 aromatic rings. The second-order valence-corrected chi connectivity index (χ2v) is 9.47. The normalized spacial score (nSPS) is 11.5. The fourth-order valence-corrected chi connectivity index (χ4v) is 7.08. The fourth-order valence-electron chi connectivity index (χ4n) is 2.36. The standard InChI is InChI=1S/C15H31OP/c1-5-8-11-17(12-9-6-2,13-10-7-3)15(4)14-16/h14H,5-13H2,1-4H3. The lowest BCUT2D eigenvalue weighted by atomic mass is 10.4. The zero-order valence-corrected chi connectivity index (χ0v) is 13.2. The van der Waals surface area contributed by atoms with Gasteiger partial charge in [0.15, 0.2) is 0 Å². The van der Waals surface area contributed by atoms with Crippen LogP contribution in [-0.4, -0.2) is 30.1 Å². The van der Waals surface area contributed by atoms with Crippen LogP contribution in [0.1, 0.15) is 66.2 Å². The molecule has 2 heteroatoms. The molecule has 0 aliphatic rings. The summed E-state index contributed by atoms with van der Waals surface area (Å²) in [6.07, 6.45) is 12.8. The Morgan fingerprint density at radius 1 is 0.882 bits per heavy atom. The average Bonchev–Trinajstić information content (AvgIpc) is 2.37. The summed E-state index contributed by atoms with van der Waals surface area (Å²) in [4.78, 5) is 11.2. The van der Waals surface area contributed by atoms with E-state index in [1.54, 1.807) is 0 Å². The fraction of sp³-hybridized carbons (Fsp3) is 0.867. The molecule has 102 valence electrons. The van der Waals surface area contributed by atoms with Gasteiger partial charge >= 0.3 is 0 Å². The summed E-state index contributed by atoms with van der Waals surface area (Å²) in [5, 5.41) is 1.20. The Bertz CT molecular complexity index is 227. The van der Waals surface area contributed by atoms with E-state index in [-0.39, 0.29) is 0 Å². The van der Waals surface area contributed by atoms with E-state index in [9.17, 15) is 4.79 Å². The van der Waals surface area contributed by atoms with Crippen molar-refractivity contribution in [1.82, 2.24) is 0 Å². The van der Waals surface area contributed by atoms with Crippen molar-refractivity contribution in [2.45, 2.75) is 66.2 Å². The predicted molar refractivity (Wildman–Crippen MR) is 83.0 cm³/mol. The van der Waals surface area contributed by atoms with Crippen molar-refractivity contribution in [3.63, 3.8) is 0 Å². The molecule has 0 aromatic heterocycles. The maximum Gasteiger partial charge on any atom is 0.145 e. The Morgan fingerprint density at radius 3 is 1.47 bits per heavy atom. The van der Waals surface area contributed by atoms with Gasteiger partial charge in [0, 0.05) is 0 Å². The van der Waals surface area contributed by atoms with Crippen molar-refractivity contribution < 1.29 is 4.79 Å². The lowest BCUT2D eigenvalue weighted by molar-refractivity contribution is -0.102. The van der Waals surface area contributed by atoms with Gasteiger partial charge in [-0.1, -0.05) is 46.9 Å². The van der Waals surface area contributed by atoms with Crippen LogP contribution >= 0.6 is 6.89 Å². The van der Waals surface area contributed by atoms with E-state index >= 15 is 0 Å². The summed E-state index contributed by atoms with van der Waals surface area (Å²) in [5.74, 6) is 0. The third-order valence-electron chi connectivity index (χ3n) is 3.74. The molecule has 0 radical (unpaired) electrons. The van der Waals surface area contributed by atoms with E-state index in [0.717, 1.165) is 6.29 Å². The Kier molecular flexibility index (Phi) is 9.93. The molecule has 0 saturated heterocycles. The molecule has 0 amide bonds. The molecule has 0 saturated carbocycles. The SMILES string of the molecule is CCCCP(CCCC)(CCCC)=C(C)C=O. The van der Waals surface area contributed by atoms with Gasteiger partial charge in [0.25, 0.3) is 0 Å². The summed E-state index contributed by atoms with van der Waals surface area (Å²) in [5.41, 5.74) is 0. The van der Waals surface area contributed by atoms with Crippen LogP contribution in [0.3, 0.4) is 0 Å². The zero-order chi connectivity index (χ0) is 13.1. The Labute approximate surface area is 108 Å². The number of carbonyl (C=O) groups is 1. The minimum absolute atomic E-state index is 1.09. The smallest absolute Gasteiger partial charge is 0.145 e. The quantitative estimate of drug-likeness (QED) is 0.406. The highest BCUT2D eigenvalue weighted by Gasteiger charge is 2.19. The van der Waals surface area contributed by atoms with Crippen LogP contribution in [-0.2, 0) is 4.79 Å². The summed E-state index contributed by atoms with van der Waals surface area (Å²) < 4.78 is 0. The van der Waals surface area contributed by atoms with Gasteiger partial charge in [-0.05, 0) is 50.0 Å². The van der Waals surface area contributed by atoms with Gasteiger partial charge in [0.1, 0.15) is 6.29 Å². The second kappa shape index (κ2) is 9.95. The van der Waals surface area contributed by atoms with Gasteiger partial charge in [0.2, 0.25) is 0 Å². The van der Waals surface area contributed by atoms with Crippen molar-refractivity contribution in [1.29, 1.82) is 0 Å². The van der Waals surface area contributed by atoms with Crippen LogP contribution in [0, 0.1) is 0 Å². The van der Waals surface area contributed by atoms with Crippen molar-refractivity contribution in [2.75, 3.05) is 18.5 Å². The lowest BCUT2D eigenvalue weighted by Crippen LogP contribution is -2.10. The van der Waals surface area contributed by atoms with Gasteiger partial charge in [-0.15, -0.1) is 0 Å². The first-order chi connectivity index (χ1) is 8.16. The van der Waals surface area contributed by atoms with Gasteiger partial charge < -0.3 is 0 Å². The van der Waals surface area contributed by atoms with Crippen LogP contribution in [0.25, 0.3) is 0 Å². The minimum Gasteiger partial charge on any atom is -0.298 e. The first-order valence-electron chi connectivity index (χ1n) is 7.32. The average molecular weight is 258 g/mol. The molecule has 17 heavy (non-hydrogen) atoms. The largest absolute Gasteiger partial charge is 0.298 e. The monoisotopic (exact) mass is 258 g/mol. The van der Waals surface area contributed by atoms with Crippen molar-refractivity contribution in [3.8, 4) is 0 Å². The minimum atomic E-state index is -1.09. The van der Waals surface area contributed by atoms with E-state index in [1.807, 2.05) is 0 Å². The van der Waals surface area contributed by atoms with E-state index < -0.39 is 6.89 Å². The molecule has 0 aliphatic heterocycles. The van der Waals surface area contributed by atoms with E-state index in [0.29, 0.717) is 0 Å². The van der Waals surface area contributed by atoms with Crippen LogP contribution in [0.5, 0.6) is 0 Å². The molecule has 0 aromatic carbocycles. The Balaban J connectivity index is 4.98. The number of hydrogen-bond acceptors (Lipinski definition) is 1. The summed E-state index contributed by atoms with van der Waals surface area (Å²) in [6, 6.07) is 0. The maximum atomic E-state index is 11.2. The van der Waals surface area contributed by atoms with Gasteiger partial charge in [-0.2, -0.15) is 0 Å². The molecule has 0 atom stereocenters. The van der Waals surface area contributed by atoms with Crippen LogP contribution in [0.15, 0.2) is 0 Å². The second-order valence-electron chi connectivity index (χ2n) is 5.14. The van der Waals surface area contributed by atoms with Crippen LogP contribution < -0.4 is 0 Å². The maximum absolute atomic E-state index is 11.2. The Morgan fingerprint density at radius 2 is 1.24 bits per heavy atom. The molecule has 1 nitrogen and oxygen atoms in total. The number of hydrogen-bond donors (Lipinski definition) is 0. The molecule has 0 unspecified atom stereocenters. The predicted octanol–water partition coefficient (Wildman–Crippen LogP) is 4.80. The topological polar surface area (TPSA) is 17.1 Å². The van der Waals surface area contributed by atoms with Gasteiger partial charge in [-0.25, -0.2) is 0 Å². The molecular weight excluding hydrogens is 227 g/mol. The summed E-state index contributed by atoms with van der Waals surface area (Å²) >= 11 is 0. The first kappa shape index (κ1) is 17.0. The van der Waals surface area contributed by atoms with Crippen molar-refractivity contribution in [2.24, 2.45) is 0 Å². The third kappa shape index (κ3) is 5.91. The van der Waals surface area contributed by atoms with Crippen molar-refractivity contribution >= 4 is 18.5 Å². The molecule has 0 spiro atoms. The molecule has 0 rings (SSSR count). The molecule has 0 heterocycles. The van der Waals surface area contributed by atoms with E-state index in [4.69, 9.17) is 0 Å². The highest BCUT2D eigenvalue weighted by atomic mass is 31.2. The van der Waals surface area contributed by atoms with E-state index in [1.165, 1.54) is 62.3 Å². The van der Waals surface area contributed by atoms with Crippen molar-refractivity contribution in [3.05, 3.63) is 0 Å². The number of aldehydes is 1. The van der Waals surface area contributed by atoms with Crippen LogP contribution in [0.4, 0.5) is 0 Å². The summed E-state index contributed by atoms with van der Waals surface area (Å²) in [6.45, 7) is 7.77.